The Morgan fingerprint density at radius 3 is 2.46 bits per heavy atom. The molecule has 1 heterocycles. The van der Waals surface area contributed by atoms with Crippen molar-refractivity contribution in [3.8, 4) is 17.2 Å². The molecule has 37 heavy (non-hydrogen) atoms. The van der Waals surface area contributed by atoms with Crippen LogP contribution in [0.15, 0.2) is 65.6 Å². The number of carbonyl (C=O) groups excluding carboxylic acids is 3. The summed E-state index contributed by atoms with van der Waals surface area (Å²) in [7, 11) is 1.39. The lowest BCUT2D eigenvalue weighted by molar-refractivity contribution is -0.123. The highest BCUT2D eigenvalue weighted by Gasteiger charge is 2.35. The highest BCUT2D eigenvalue weighted by molar-refractivity contribution is 8.18. The van der Waals surface area contributed by atoms with E-state index in [0.717, 1.165) is 22.2 Å². The van der Waals surface area contributed by atoms with Crippen LogP contribution in [0, 0.1) is 6.92 Å². The number of ether oxygens (including phenoxy) is 3. The van der Waals surface area contributed by atoms with Crippen molar-refractivity contribution in [1.82, 2.24) is 4.90 Å². The van der Waals surface area contributed by atoms with Gasteiger partial charge in [-0.05, 0) is 66.7 Å². The lowest BCUT2D eigenvalue weighted by atomic mass is 10.1. The van der Waals surface area contributed by atoms with Crippen molar-refractivity contribution in [2.75, 3.05) is 20.3 Å². The van der Waals surface area contributed by atoms with Crippen LogP contribution in [-0.2, 0) is 4.79 Å². The van der Waals surface area contributed by atoms with Gasteiger partial charge in [0, 0.05) is 0 Å². The first-order valence-electron chi connectivity index (χ1n) is 11.1. The SMILES string of the molecule is COc1cc(/C=C2\SC(=O)N(CCOc3ccc(C)cc3)C2=O)cc(Cl)c1OC(=O)c1ccccc1Cl. The normalized spacial score (nSPS) is 14.3. The first kappa shape index (κ1) is 26.6. The molecule has 0 saturated carbocycles. The average molecular weight is 558 g/mol. The Bertz CT molecular complexity index is 1390. The first-order valence-corrected chi connectivity index (χ1v) is 12.6. The highest BCUT2D eigenvalue weighted by Crippen LogP contribution is 2.39. The summed E-state index contributed by atoms with van der Waals surface area (Å²) in [4.78, 5) is 39.3. The molecule has 10 heteroatoms. The number of hydrogen-bond acceptors (Lipinski definition) is 7. The highest BCUT2D eigenvalue weighted by atomic mass is 35.5. The quantitative estimate of drug-likeness (QED) is 0.174. The van der Waals surface area contributed by atoms with Gasteiger partial charge in [-0.1, -0.05) is 53.0 Å². The number of thioether (sulfide) groups is 1. The molecule has 0 unspecified atom stereocenters. The lowest BCUT2D eigenvalue weighted by Gasteiger charge is -2.13. The molecule has 0 radical (unpaired) electrons. The van der Waals surface area contributed by atoms with Gasteiger partial charge in [-0.15, -0.1) is 0 Å². The summed E-state index contributed by atoms with van der Waals surface area (Å²) in [5, 5.41) is -0.0805. The van der Waals surface area contributed by atoms with Crippen LogP contribution in [0.5, 0.6) is 17.2 Å². The van der Waals surface area contributed by atoms with E-state index in [2.05, 4.69) is 0 Å². The Labute approximate surface area is 227 Å². The Balaban J connectivity index is 1.47. The Morgan fingerprint density at radius 1 is 1.03 bits per heavy atom. The van der Waals surface area contributed by atoms with Gasteiger partial charge in [0.05, 0.1) is 34.2 Å². The van der Waals surface area contributed by atoms with Crippen molar-refractivity contribution in [1.29, 1.82) is 0 Å². The third-order valence-corrected chi connectivity index (χ3v) is 6.83. The predicted molar refractivity (Wildman–Crippen MR) is 144 cm³/mol. The summed E-state index contributed by atoms with van der Waals surface area (Å²) < 4.78 is 16.5. The fourth-order valence-corrected chi connectivity index (χ4v) is 4.77. The van der Waals surface area contributed by atoms with Crippen LogP contribution < -0.4 is 14.2 Å². The molecule has 0 aromatic heterocycles. The molecule has 0 spiro atoms. The number of carbonyl (C=O) groups is 3. The van der Waals surface area contributed by atoms with Gasteiger partial charge in [0.1, 0.15) is 12.4 Å². The molecule has 0 bridgehead atoms. The van der Waals surface area contributed by atoms with Crippen LogP contribution in [0.25, 0.3) is 6.08 Å². The van der Waals surface area contributed by atoms with E-state index >= 15 is 0 Å². The van der Waals surface area contributed by atoms with Gasteiger partial charge in [-0.3, -0.25) is 14.5 Å². The molecule has 3 aromatic rings. The number of methoxy groups -OCH3 is 1. The number of halogens is 2. The van der Waals surface area contributed by atoms with E-state index < -0.39 is 17.1 Å². The fraction of sp³-hybridized carbons (Fsp3) is 0.148. The molecule has 3 aromatic carbocycles. The van der Waals surface area contributed by atoms with E-state index in [-0.39, 0.29) is 45.2 Å². The van der Waals surface area contributed by atoms with Crippen molar-refractivity contribution in [3.63, 3.8) is 0 Å². The largest absolute Gasteiger partial charge is 0.493 e. The van der Waals surface area contributed by atoms with Crippen molar-refractivity contribution in [2.24, 2.45) is 0 Å². The maximum absolute atomic E-state index is 12.9. The van der Waals surface area contributed by atoms with Gasteiger partial charge in [0.15, 0.2) is 11.5 Å². The topological polar surface area (TPSA) is 82.1 Å². The molecule has 0 N–H and O–H groups in total. The number of hydrogen-bond donors (Lipinski definition) is 0. The van der Waals surface area contributed by atoms with Gasteiger partial charge in [-0.2, -0.15) is 0 Å². The minimum atomic E-state index is -0.701. The molecule has 4 rings (SSSR count). The maximum Gasteiger partial charge on any atom is 0.345 e. The zero-order valence-electron chi connectivity index (χ0n) is 19.8. The molecule has 0 atom stereocenters. The van der Waals surface area contributed by atoms with Crippen LogP contribution in [0.3, 0.4) is 0 Å². The third-order valence-electron chi connectivity index (χ3n) is 5.32. The van der Waals surface area contributed by atoms with E-state index in [1.54, 1.807) is 24.3 Å². The van der Waals surface area contributed by atoms with E-state index in [1.165, 1.54) is 25.3 Å². The van der Waals surface area contributed by atoms with E-state index in [1.807, 2.05) is 31.2 Å². The molecule has 7 nitrogen and oxygen atoms in total. The van der Waals surface area contributed by atoms with Gasteiger partial charge in [0.25, 0.3) is 11.1 Å². The summed E-state index contributed by atoms with van der Waals surface area (Å²) in [5.41, 5.74) is 1.76. The van der Waals surface area contributed by atoms with Crippen LogP contribution in [0.4, 0.5) is 4.79 Å². The molecule has 1 aliphatic heterocycles. The lowest BCUT2D eigenvalue weighted by Crippen LogP contribution is -2.32. The van der Waals surface area contributed by atoms with Crippen LogP contribution in [-0.4, -0.2) is 42.3 Å². The summed E-state index contributed by atoms with van der Waals surface area (Å²) in [6.45, 7) is 2.25. The van der Waals surface area contributed by atoms with Gasteiger partial charge >= 0.3 is 5.97 Å². The molecule has 190 valence electrons. The maximum atomic E-state index is 12.9. The summed E-state index contributed by atoms with van der Waals surface area (Å²) in [5.74, 6) is -0.304. The van der Waals surface area contributed by atoms with E-state index in [9.17, 15) is 14.4 Å². The summed E-state index contributed by atoms with van der Waals surface area (Å²) in [6, 6.07) is 17.0. The smallest absolute Gasteiger partial charge is 0.345 e. The number of nitrogens with zero attached hydrogens (tertiary/aromatic N) is 1. The second-order valence-electron chi connectivity index (χ2n) is 7.90. The van der Waals surface area contributed by atoms with Gasteiger partial charge < -0.3 is 14.2 Å². The summed E-state index contributed by atoms with van der Waals surface area (Å²) >= 11 is 13.3. The zero-order chi connectivity index (χ0) is 26.5. The van der Waals surface area contributed by atoms with Crippen molar-refractivity contribution >= 4 is 58.2 Å². The monoisotopic (exact) mass is 557 g/mol. The number of rotatable bonds is 8. The number of benzene rings is 3. The molecule has 2 amide bonds. The third kappa shape index (κ3) is 6.28. The van der Waals surface area contributed by atoms with Gasteiger partial charge in [0.2, 0.25) is 0 Å². The van der Waals surface area contributed by atoms with Crippen molar-refractivity contribution in [2.45, 2.75) is 6.92 Å². The minimum absolute atomic E-state index is 0.00703. The standard InChI is InChI=1S/C27H21Cl2NO6S/c1-16-7-9-18(10-8-16)35-12-11-30-25(31)23(37-27(30)33)15-17-13-21(29)24(22(14-17)34-2)36-26(32)19-5-3-4-6-20(19)28/h3-10,13-15H,11-12H2,1-2H3/b23-15-. The van der Waals surface area contributed by atoms with E-state index in [0.29, 0.717) is 11.3 Å². The fourth-order valence-electron chi connectivity index (χ4n) is 3.43. The molecular weight excluding hydrogens is 537 g/mol. The van der Waals surface area contributed by atoms with Gasteiger partial charge in [-0.25, -0.2) is 4.79 Å². The first-order chi connectivity index (χ1) is 17.8. The number of amides is 2. The van der Waals surface area contributed by atoms with E-state index in [4.69, 9.17) is 37.4 Å². The zero-order valence-corrected chi connectivity index (χ0v) is 22.2. The molecule has 1 aliphatic rings. The molecule has 0 aliphatic carbocycles. The van der Waals surface area contributed by atoms with Crippen molar-refractivity contribution in [3.05, 3.63) is 92.3 Å². The number of esters is 1. The van der Waals surface area contributed by atoms with Crippen molar-refractivity contribution < 1.29 is 28.6 Å². The second-order valence-corrected chi connectivity index (χ2v) is 9.71. The molecular formula is C27H21Cl2NO6S. The molecule has 1 fully saturated rings. The summed E-state index contributed by atoms with van der Waals surface area (Å²) in [6.07, 6.45) is 1.53. The predicted octanol–water partition coefficient (Wildman–Crippen LogP) is 6.64. The Morgan fingerprint density at radius 2 is 1.76 bits per heavy atom. The Kier molecular flexibility index (Phi) is 8.43. The minimum Gasteiger partial charge on any atom is -0.493 e. The average Bonchev–Trinajstić information content (AvgIpc) is 3.14. The van der Waals surface area contributed by atoms with Crippen LogP contribution in [0.1, 0.15) is 21.5 Å². The van der Waals surface area contributed by atoms with Crippen LogP contribution >= 0.6 is 35.0 Å². The number of imide groups is 1. The molecule has 1 saturated heterocycles. The van der Waals surface area contributed by atoms with Crippen LogP contribution in [0.2, 0.25) is 10.0 Å². The Hall–Kier alpha value is -3.46. The second kappa shape index (κ2) is 11.7. The number of aryl methyl sites for hydroxylation is 1.